The smallest absolute Gasteiger partial charge is 0.195 e. The highest BCUT2D eigenvalue weighted by Crippen LogP contribution is 2.30. The molecule has 0 aliphatic carbocycles. The molecule has 0 bridgehead atoms. The topological polar surface area (TPSA) is 40.9 Å². The van der Waals surface area contributed by atoms with Crippen molar-refractivity contribution >= 4 is 28.7 Å². The van der Waals surface area contributed by atoms with Crippen LogP contribution in [0.5, 0.6) is 0 Å². The van der Waals surface area contributed by atoms with Gasteiger partial charge in [0.2, 0.25) is 0 Å². The highest BCUT2D eigenvalue weighted by Gasteiger charge is 2.25. The molecule has 0 spiro atoms. The number of benzene rings is 1. The summed E-state index contributed by atoms with van der Waals surface area (Å²) in [6, 6.07) is 11.2. The summed E-state index contributed by atoms with van der Waals surface area (Å²) in [6.45, 7) is 1.89. The molecular formula is C14H10ClNOS. The van der Waals surface area contributed by atoms with Gasteiger partial charge in [0, 0.05) is 0 Å². The van der Waals surface area contributed by atoms with E-state index in [2.05, 4.69) is 6.07 Å². The molecule has 0 amide bonds. The van der Waals surface area contributed by atoms with Gasteiger partial charge < -0.3 is 0 Å². The fourth-order valence-electron chi connectivity index (χ4n) is 1.78. The molecule has 1 heterocycles. The fraction of sp³-hybridized carbons (Fsp3) is 0.143. The Bertz CT molecular complexity index is 627. The molecule has 0 N–H and O–H groups in total. The SMILES string of the molecule is Cc1ccccc1C(C#N)C(=O)c1sccc1Cl. The van der Waals surface area contributed by atoms with Crippen LogP contribution in [0.3, 0.4) is 0 Å². The van der Waals surface area contributed by atoms with E-state index in [1.165, 1.54) is 11.3 Å². The molecule has 2 aromatic rings. The second-order valence-electron chi connectivity index (χ2n) is 3.88. The second-order valence-corrected chi connectivity index (χ2v) is 5.20. The zero-order chi connectivity index (χ0) is 13.1. The van der Waals surface area contributed by atoms with Gasteiger partial charge in [-0.15, -0.1) is 11.3 Å². The van der Waals surface area contributed by atoms with E-state index in [-0.39, 0.29) is 5.78 Å². The van der Waals surface area contributed by atoms with Gasteiger partial charge in [0.25, 0.3) is 0 Å². The lowest BCUT2D eigenvalue weighted by Crippen LogP contribution is -2.11. The average molecular weight is 276 g/mol. The van der Waals surface area contributed by atoms with Crippen molar-refractivity contribution in [2.24, 2.45) is 0 Å². The molecule has 1 atom stereocenters. The molecule has 2 rings (SSSR count). The van der Waals surface area contributed by atoms with Crippen LogP contribution in [0, 0.1) is 18.3 Å². The number of Topliss-reactive ketones (excluding diaryl/α,β-unsaturated/α-hetero) is 1. The maximum Gasteiger partial charge on any atom is 0.195 e. The largest absolute Gasteiger partial charge is 0.291 e. The standard InChI is InChI=1S/C14H10ClNOS/c1-9-4-2-3-5-10(9)11(8-16)13(17)14-12(15)6-7-18-14/h2-7,11H,1H3. The Kier molecular flexibility index (Phi) is 3.81. The quantitative estimate of drug-likeness (QED) is 0.788. The number of carbonyl (C=O) groups excluding carboxylic acids is 1. The summed E-state index contributed by atoms with van der Waals surface area (Å²) in [5, 5.41) is 11.4. The van der Waals surface area contributed by atoms with Crippen LogP contribution < -0.4 is 0 Å². The summed E-state index contributed by atoms with van der Waals surface area (Å²) < 4.78 is 0. The van der Waals surface area contributed by atoms with Crippen LogP contribution in [-0.2, 0) is 0 Å². The number of carbonyl (C=O) groups is 1. The number of ketones is 1. The summed E-state index contributed by atoms with van der Waals surface area (Å²) in [4.78, 5) is 12.8. The zero-order valence-electron chi connectivity index (χ0n) is 9.68. The van der Waals surface area contributed by atoms with Crippen molar-refractivity contribution in [3.8, 4) is 6.07 Å². The molecular weight excluding hydrogens is 266 g/mol. The van der Waals surface area contributed by atoms with Crippen molar-refractivity contribution in [1.29, 1.82) is 5.26 Å². The van der Waals surface area contributed by atoms with Gasteiger partial charge in [-0.1, -0.05) is 35.9 Å². The number of nitriles is 1. The molecule has 18 heavy (non-hydrogen) atoms. The van der Waals surface area contributed by atoms with E-state index in [1.807, 2.05) is 31.2 Å². The lowest BCUT2D eigenvalue weighted by molar-refractivity contribution is 0.0982. The van der Waals surface area contributed by atoms with Crippen molar-refractivity contribution in [1.82, 2.24) is 0 Å². The van der Waals surface area contributed by atoms with E-state index in [0.29, 0.717) is 9.90 Å². The van der Waals surface area contributed by atoms with Gasteiger partial charge in [0.15, 0.2) is 5.78 Å². The Balaban J connectivity index is 2.43. The Morgan fingerprint density at radius 1 is 1.39 bits per heavy atom. The van der Waals surface area contributed by atoms with Crippen LogP contribution in [0.25, 0.3) is 0 Å². The number of hydrogen-bond acceptors (Lipinski definition) is 3. The normalized spacial score (nSPS) is 11.8. The molecule has 0 saturated carbocycles. The first-order valence-corrected chi connectivity index (χ1v) is 6.63. The minimum atomic E-state index is -0.789. The van der Waals surface area contributed by atoms with Crippen LogP contribution in [0.15, 0.2) is 35.7 Å². The fourth-order valence-corrected chi connectivity index (χ4v) is 2.90. The second kappa shape index (κ2) is 5.34. The van der Waals surface area contributed by atoms with Gasteiger partial charge in [-0.25, -0.2) is 0 Å². The molecule has 1 aromatic carbocycles. The average Bonchev–Trinajstić information content (AvgIpc) is 2.78. The highest BCUT2D eigenvalue weighted by molar-refractivity contribution is 7.12. The van der Waals surface area contributed by atoms with Gasteiger partial charge in [0.1, 0.15) is 5.92 Å². The maximum absolute atomic E-state index is 12.3. The monoisotopic (exact) mass is 275 g/mol. The summed E-state index contributed by atoms with van der Waals surface area (Å²) >= 11 is 7.21. The zero-order valence-corrected chi connectivity index (χ0v) is 11.3. The number of hydrogen-bond donors (Lipinski definition) is 0. The third kappa shape index (κ3) is 2.31. The highest BCUT2D eigenvalue weighted by atomic mass is 35.5. The van der Waals surface area contributed by atoms with E-state index in [9.17, 15) is 10.1 Å². The number of thiophene rings is 1. The Labute approximate surface area is 114 Å². The predicted molar refractivity (Wildman–Crippen MR) is 73.2 cm³/mol. The van der Waals surface area contributed by atoms with Crippen molar-refractivity contribution in [3.05, 3.63) is 56.7 Å². The van der Waals surface area contributed by atoms with E-state index in [0.717, 1.165) is 11.1 Å². The van der Waals surface area contributed by atoms with Crippen molar-refractivity contribution < 1.29 is 4.79 Å². The first kappa shape index (κ1) is 12.8. The van der Waals surface area contributed by atoms with Gasteiger partial charge in [0.05, 0.1) is 16.0 Å². The minimum Gasteiger partial charge on any atom is -0.291 e. The third-order valence-electron chi connectivity index (χ3n) is 2.73. The molecule has 90 valence electrons. The van der Waals surface area contributed by atoms with Gasteiger partial charge in [-0.3, -0.25) is 4.79 Å². The Hall–Kier alpha value is -1.63. The molecule has 1 unspecified atom stereocenters. The lowest BCUT2D eigenvalue weighted by atomic mass is 9.92. The molecule has 1 aromatic heterocycles. The summed E-state index contributed by atoms with van der Waals surface area (Å²) in [5.74, 6) is -1.02. The van der Waals surface area contributed by atoms with E-state index in [4.69, 9.17) is 11.6 Å². The lowest BCUT2D eigenvalue weighted by Gasteiger charge is -2.10. The van der Waals surface area contributed by atoms with E-state index in [1.54, 1.807) is 11.4 Å². The predicted octanol–water partition coefficient (Wildman–Crippen LogP) is 4.20. The number of aryl methyl sites for hydroxylation is 1. The van der Waals surface area contributed by atoms with Gasteiger partial charge >= 0.3 is 0 Å². The summed E-state index contributed by atoms with van der Waals surface area (Å²) in [5.41, 5.74) is 1.68. The Morgan fingerprint density at radius 2 is 2.11 bits per heavy atom. The first-order chi connectivity index (χ1) is 8.65. The number of halogens is 1. The van der Waals surface area contributed by atoms with Gasteiger partial charge in [-0.05, 0) is 29.5 Å². The molecule has 0 fully saturated rings. The van der Waals surface area contributed by atoms with E-state index >= 15 is 0 Å². The first-order valence-electron chi connectivity index (χ1n) is 5.37. The molecule has 0 radical (unpaired) electrons. The third-order valence-corrected chi connectivity index (χ3v) is 4.09. The van der Waals surface area contributed by atoms with Crippen LogP contribution in [0.2, 0.25) is 5.02 Å². The number of rotatable bonds is 3. The molecule has 0 aliphatic heterocycles. The van der Waals surface area contributed by atoms with Crippen LogP contribution in [0.4, 0.5) is 0 Å². The molecule has 0 aliphatic rings. The van der Waals surface area contributed by atoms with Crippen molar-refractivity contribution in [3.63, 3.8) is 0 Å². The van der Waals surface area contributed by atoms with Crippen LogP contribution >= 0.6 is 22.9 Å². The van der Waals surface area contributed by atoms with E-state index < -0.39 is 5.92 Å². The number of nitrogens with zero attached hydrogens (tertiary/aromatic N) is 1. The summed E-state index contributed by atoms with van der Waals surface area (Å²) in [6.07, 6.45) is 0. The maximum atomic E-state index is 12.3. The minimum absolute atomic E-state index is 0.230. The van der Waals surface area contributed by atoms with Crippen LogP contribution in [-0.4, -0.2) is 5.78 Å². The van der Waals surface area contributed by atoms with Crippen molar-refractivity contribution in [2.45, 2.75) is 12.8 Å². The Morgan fingerprint density at radius 3 is 2.67 bits per heavy atom. The van der Waals surface area contributed by atoms with Gasteiger partial charge in [-0.2, -0.15) is 5.26 Å². The molecule has 2 nitrogen and oxygen atoms in total. The van der Waals surface area contributed by atoms with Crippen molar-refractivity contribution in [2.75, 3.05) is 0 Å². The summed E-state index contributed by atoms with van der Waals surface area (Å²) in [7, 11) is 0. The molecule has 0 saturated heterocycles. The van der Waals surface area contributed by atoms with Crippen LogP contribution in [0.1, 0.15) is 26.7 Å². The molecule has 4 heteroatoms.